The Morgan fingerprint density at radius 2 is 1.82 bits per heavy atom. The Bertz CT molecular complexity index is 210. The highest BCUT2D eigenvalue weighted by atomic mass is 16.3. The van der Waals surface area contributed by atoms with Crippen LogP contribution in [0, 0.1) is 0 Å². The smallest absolute Gasteiger partial charge is 0.193 e. The zero-order valence-electron chi connectivity index (χ0n) is 6.62. The first-order valence-corrected chi connectivity index (χ1v) is 3.83. The average Bonchev–Trinajstić information content (AvgIpc) is 2.29. The molecule has 0 aliphatic carbocycles. The molecule has 1 heterocycles. The maximum atomic E-state index is 9.16. The van der Waals surface area contributed by atoms with Gasteiger partial charge in [-0.2, -0.15) is 0 Å². The van der Waals surface area contributed by atoms with Crippen LogP contribution in [0.2, 0.25) is 0 Å². The second-order valence-corrected chi connectivity index (χ2v) is 2.55. The number of nitrogens with zero attached hydrogens (tertiary/aromatic N) is 1. The zero-order valence-corrected chi connectivity index (χ0v) is 6.62. The molecular weight excluding hydrogens is 142 g/mol. The first-order chi connectivity index (χ1) is 5.25. The number of unbranched alkanes of at least 4 members (excludes halogenated alkanes) is 1. The van der Waals surface area contributed by atoms with Gasteiger partial charge in [0.1, 0.15) is 0 Å². The molecule has 0 saturated heterocycles. The lowest BCUT2D eigenvalue weighted by Crippen LogP contribution is -1.95. The van der Waals surface area contributed by atoms with Crippen molar-refractivity contribution < 1.29 is 10.2 Å². The fourth-order valence-corrected chi connectivity index (χ4v) is 0.992. The van der Waals surface area contributed by atoms with Gasteiger partial charge in [-0.3, -0.25) is 4.57 Å². The predicted molar refractivity (Wildman–Crippen MR) is 42.7 cm³/mol. The summed E-state index contributed by atoms with van der Waals surface area (Å²) < 4.78 is 1.49. The Morgan fingerprint density at radius 1 is 1.27 bits per heavy atom. The first kappa shape index (κ1) is 7.98. The molecule has 0 aliphatic heterocycles. The van der Waals surface area contributed by atoms with Gasteiger partial charge in [-0.1, -0.05) is 13.3 Å². The average molecular weight is 155 g/mol. The lowest BCUT2D eigenvalue weighted by atomic mass is 10.3. The van der Waals surface area contributed by atoms with E-state index in [4.69, 9.17) is 10.2 Å². The van der Waals surface area contributed by atoms with E-state index >= 15 is 0 Å². The van der Waals surface area contributed by atoms with Gasteiger partial charge in [0.05, 0.1) is 0 Å². The van der Waals surface area contributed by atoms with E-state index in [1.165, 1.54) is 16.7 Å². The molecule has 3 nitrogen and oxygen atoms in total. The standard InChI is InChI=1S/C8H13NO2/c1-2-3-6-9-7(10)4-5-8(9)11/h4-5,10-11H,2-3,6H2,1H3. The molecule has 0 radical (unpaired) electrons. The van der Waals surface area contributed by atoms with Crippen LogP contribution in [0.15, 0.2) is 12.1 Å². The number of rotatable bonds is 3. The molecule has 0 amide bonds. The minimum Gasteiger partial charge on any atom is -0.494 e. The van der Waals surface area contributed by atoms with E-state index in [1.54, 1.807) is 0 Å². The molecule has 0 saturated carbocycles. The second-order valence-electron chi connectivity index (χ2n) is 2.55. The molecule has 0 aromatic carbocycles. The van der Waals surface area contributed by atoms with Gasteiger partial charge in [0.15, 0.2) is 11.8 Å². The lowest BCUT2D eigenvalue weighted by Gasteiger charge is -2.04. The molecule has 0 aliphatic rings. The van der Waals surface area contributed by atoms with E-state index in [9.17, 15) is 0 Å². The maximum absolute atomic E-state index is 9.16. The van der Waals surface area contributed by atoms with Crippen LogP contribution in [-0.4, -0.2) is 14.8 Å². The van der Waals surface area contributed by atoms with Crippen LogP contribution >= 0.6 is 0 Å². The number of aromatic hydroxyl groups is 2. The number of hydrogen-bond donors (Lipinski definition) is 2. The van der Waals surface area contributed by atoms with Crippen molar-refractivity contribution in [2.75, 3.05) is 0 Å². The van der Waals surface area contributed by atoms with Crippen LogP contribution in [0.1, 0.15) is 19.8 Å². The number of hydrogen-bond acceptors (Lipinski definition) is 2. The van der Waals surface area contributed by atoms with Gasteiger partial charge in [-0.25, -0.2) is 0 Å². The van der Waals surface area contributed by atoms with Gasteiger partial charge < -0.3 is 10.2 Å². The fourth-order valence-electron chi connectivity index (χ4n) is 0.992. The fraction of sp³-hybridized carbons (Fsp3) is 0.500. The van der Waals surface area contributed by atoms with Crippen LogP contribution in [-0.2, 0) is 6.54 Å². The van der Waals surface area contributed by atoms with Crippen molar-refractivity contribution in [3.05, 3.63) is 12.1 Å². The molecule has 0 fully saturated rings. The minimum atomic E-state index is 0.135. The first-order valence-electron chi connectivity index (χ1n) is 3.83. The maximum Gasteiger partial charge on any atom is 0.193 e. The highest BCUT2D eigenvalue weighted by Gasteiger charge is 2.03. The van der Waals surface area contributed by atoms with Crippen molar-refractivity contribution in [1.82, 2.24) is 4.57 Å². The molecule has 0 bridgehead atoms. The van der Waals surface area contributed by atoms with Gasteiger partial charge in [0.2, 0.25) is 0 Å². The molecule has 1 aromatic rings. The third-order valence-electron chi connectivity index (χ3n) is 1.67. The monoisotopic (exact) mass is 155 g/mol. The molecule has 2 N–H and O–H groups in total. The van der Waals surface area contributed by atoms with Gasteiger partial charge >= 0.3 is 0 Å². The summed E-state index contributed by atoms with van der Waals surface area (Å²) in [4.78, 5) is 0. The highest BCUT2D eigenvalue weighted by molar-refractivity contribution is 5.23. The largest absolute Gasteiger partial charge is 0.494 e. The normalized spacial score (nSPS) is 10.3. The summed E-state index contributed by atoms with van der Waals surface area (Å²) in [6.45, 7) is 2.75. The summed E-state index contributed by atoms with van der Waals surface area (Å²) in [5, 5.41) is 18.3. The van der Waals surface area contributed by atoms with Crippen LogP contribution in [0.3, 0.4) is 0 Å². The van der Waals surface area contributed by atoms with E-state index in [0.717, 1.165) is 12.8 Å². The molecule has 0 unspecified atom stereocenters. The molecule has 0 atom stereocenters. The quantitative estimate of drug-likeness (QED) is 0.697. The zero-order chi connectivity index (χ0) is 8.27. The minimum absolute atomic E-state index is 0.135. The molecule has 1 aromatic heterocycles. The molecule has 0 spiro atoms. The van der Waals surface area contributed by atoms with Crippen LogP contribution in [0.4, 0.5) is 0 Å². The molecule has 62 valence electrons. The summed E-state index contributed by atoms with van der Waals surface area (Å²) in [7, 11) is 0. The Balaban J connectivity index is 2.67. The summed E-state index contributed by atoms with van der Waals surface area (Å²) in [6, 6.07) is 2.98. The van der Waals surface area contributed by atoms with Crippen LogP contribution in [0.5, 0.6) is 11.8 Å². The summed E-state index contributed by atoms with van der Waals surface area (Å²) in [6.07, 6.45) is 2.02. The Morgan fingerprint density at radius 3 is 2.27 bits per heavy atom. The van der Waals surface area contributed by atoms with Crippen molar-refractivity contribution in [3.8, 4) is 11.8 Å². The van der Waals surface area contributed by atoms with Crippen LogP contribution < -0.4 is 0 Å². The van der Waals surface area contributed by atoms with Gasteiger partial charge in [-0.05, 0) is 6.42 Å². The van der Waals surface area contributed by atoms with Crippen molar-refractivity contribution in [1.29, 1.82) is 0 Å². The number of aromatic nitrogens is 1. The van der Waals surface area contributed by atoms with Crippen LogP contribution in [0.25, 0.3) is 0 Å². The molecule has 11 heavy (non-hydrogen) atoms. The highest BCUT2D eigenvalue weighted by Crippen LogP contribution is 2.21. The Labute approximate surface area is 65.9 Å². The van der Waals surface area contributed by atoms with Gasteiger partial charge in [0.25, 0.3) is 0 Å². The van der Waals surface area contributed by atoms with Gasteiger partial charge in [-0.15, -0.1) is 0 Å². The topological polar surface area (TPSA) is 45.4 Å². The van der Waals surface area contributed by atoms with E-state index in [0.29, 0.717) is 6.54 Å². The summed E-state index contributed by atoms with van der Waals surface area (Å²) >= 11 is 0. The summed E-state index contributed by atoms with van der Waals surface area (Å²) in [5.41, 5.74) is 0. The van der Waals surface area contributed by atoms with E-state index in [-0.39, 0.29) is 11.8 Å². The summed E-state index contributed by atoms with van der Waals surface area (Å²) in [5.74, 6) is 0.270. The molecule has 1 rings (SSSR count). The third kappa shape index (κ3) is 1.67. The molecule has 3 heteroatoms. The van der Waals surface area contributed by atoms with E-state index in [2.05, 4.69) is 6.92 Å². The van der Waals surface area contributed by atoms with E-state index < -0.39 is 0 Å². The Hall–Kier alpha value is -1.12. The SMILES string of the molecule is CCCCn1c(O)ccc1O. The molecular formula is C8H13NO2. The van der Waals surface area contributed by atoms with Crippen molar-refractivity contribution >= 4 is 0 Å². The van der Waals surface area contributed by atoms with E-state index in [1.807, 2.05) is 0 Å². The van der Waals surface area contributed by atoms with Crippen molar-refractivity contribution in [2.45, 2.75) is 26.3 Å². The second kappa shape index (κ2) is 3.32. The lowest BCUT2D eigenvalue weighted by molar-refractivity contribution is 0.364. The van der Waals surface area contributed by atoms with Crippen molar-refractivity contribution in [2.24, 2.45) is 0 Å². The Kier molecular flexibility index (Phi) is 2.41. The predicted octanol–water partition coefficient (Wildman–Crippen LogP) is 1.70. The van der Waals surface area contributed by atoms with Crippen molar-refractivity contribution in [3.63, 3.8) is 0 Å². The van der Waals surface area contributed by atoms with Gasteiger partial charge in [0, 0.05) is 18.7 Å². The third-order valence-corrected chi connectivity index (χ3v) is 1.67.